The van der Waals surface area contributed by atoms with Crippen LogP contribution in [0.15, 0.2) is 17.2 Å². The van der Waals surface area contributed by atoms with Crippen molar-refractivity contribution in [3.8, 4) is 0 Å². The summed E-state index contributed by atoms with van der Waals surface area (Å²) in [5.41, 5.74) is 0.229. The van der Waals surface area contributed by atoms with Crippen LogP contribution < -0.4 is 5.56 Å². The van der Waals surface area contributed by atoms with Crippen molar-refractivity contribution in [3.05, 3.63) is 28.4 Å². The lowest BCUT2D eigenvalue weighted by Crippen LogP contribution is -2.24. The Labute approximate surface area is 91.5 Å². The number of aliphatic carboxylic acids is 1. The standard InChI is InChI=1S/C10H12N2O4/c13-9-4-7(8-2-1-3-16-8)11-6-12(9)5-10(14)15/h4,6,8H,1-3,5H2,(H,14,15)/t8-/m1/s1. The quantitative estimate of drug-likeness (QED) is 0.792. The van der Waals surface area contributed by atoms with Crippen LogP contribution >= 0.6 is 0 Å². The van der Waals surface area contributed by atoms with Gasteiger partial charge in [-0.3, -0.25) is 14.2 Å². The molecular weight excluding hydrogens is 212 g/mol. The van der Waals surface area contributed by atoms with Crippen LogP contribution in [0.2, 0.25) is 0 Å². The maximum atomic E-state index is 11.5. The maximum absolute atomic E-state index is 11.5. The predicted octanol–water partition coefficient (Wildman–Crippen LogP) is 0.179. The number of rotatable bonds is 3. The van der Waals surface area contributed by atoms with Crippen molar-refractivity contribution in [2.24, 2.45) is 0 Å². The van der Waals surface area contributed by atoms with Crippen molar-refractivity contribution in [1.29, 1.82) is 0 Å². The average molecular weight is 224 g/mol. The first-order valence-corrected chi connectivity index (χ1v) is 5.06. The SMILES string of the molecule is O=C(O)Cn1cnc([C@H]2CCCO2)cc1=O. The van der Waals surface area contributed by atoms with Gasteiger partial charge in [-0.15, -0.1) is 0 Å². The highest BCUT2D eigenvalue weighted by atomic mass is 16.5. The number of hydrogen-bond donors (Lipinski definition) is 1. The number of carbonyl (C=O) groups is 1. The smallest absolute Gasteiger partial charge is 0.323 e. The lowest BCUT2D eigenvalue weighted by molar-refractivity contribution is -0.137. The number of hydrogen-bond acceptors (Lipinski definition) is 4. The highest BCUT2D eigenvalue weighted by molar-refractivity contribution is 5.66. The lowest BCUT2D eigenvalue weighted by Gasteiger charge is -2.09. The molecule has 1 aromatic heterocycles. The fourth-order valence-electron chi connectivity index (χ4n) is 1.69. The van der Waals surface area contributed by atoms with Gasteiger partial charge in [-0.2, -0.15) is 0 Å². The Hall–Kier alpha value is -1.69. The van der Waals surface area contributed by atoms with E-state index in [9.17, 15) is 9.59 Å². The molecule has 0 aromatic carbocycles. The molecule has 2 heterocycles. The molecule has 1 atom stereocenters. The van der Waals surface area contributed by atoms with Crippen LogP contribution in [0.25, 0.3) is 0 Å². The van der Waals surface area contributed by atoms with Crippen molar-refractivity contribution in [2.45, 2.75) is 25.5 Å². The molecule has 86 valence electrons. The molecule has 1 N–H and O–H groups in total. The van der Waals surface area contributed by atoms with E-state index < -0.39 is 5.97 Å². The zero-order valence-electron chi connectivity index (χ0n) is 8.63. The van der Waals surface area contributed by atoms with E-state index in [1.54, 1.807) is 0 Å². The predicted molar refractivity (Wildman–Crippen MR) is 54.1 cm³/mol. The van der Waals surface area contributed by atoms with Gasteiger partial charge >= 0.3 is 5.97 Å². The number of carboxylic acid groups (broad SMARTS) is 1. The van der Waals surface area contributed by atoms with E-state index in [2.05, 4.69) is 4.98 Å². The van der Waals surface area contributed by atoms with E-state index in [0.29, 0.717) is 12.3 Å². The summed E-state index contributed by atoms with van der Waals surface area (Å²) in [6.45, 7) is 0.322. The molecule has 0 unspecified atom stereocenters. The Bertz CT molecular complexity index is 448. The Kier molecular flexibility index (Phi) is 3.00. The molecule has 0 bridgehead atoms. The van der Waals surface area contributed by atoms with Crippen molar-refractivity contribution in [2.75, 3.05) is 6.61 Å². The van der Waals surface area contributed by atoms with Gasteiger partial charge in [0.15, 0.2) is 0 Å². The van der Waals surface area contributed by atoms with Crippen LogP contribution in [-0.2, 0) is 16.1 Å². The summed E-state index contributed by atoms with van der Waals surface area (Å²) >= 11 is 0. The Morgan fingerprint density at radius 1 is 1.69 bits per heavy atom. The van der Waals surface area contributed by atoms with Crippen LogP contribution in [0, 0.1) is 0 Å². The van der Waals surface area contributed by atoms with Crippen molar-refractivity contribution in [1.82, 2.24) is 9.55 Å². The van der Waals surface area contributed by atoms with Crippen LogP contribution in [0.3, 0.4) is 0 Å². The van der Waals surface area contributed by atoms with Gasteiger partial charge in [-0.1, -0.05) is 0 Å². The fourth-order valence-corrected chi connectivity index (χ4v) is 1.69. The monoisotopic (exact) mass is 224 g/mol. The molecule has 16 heavy (non-hydrogen) atoms. The van der Waals surface area contributed by atoms with E-state index in [1.165, 1.54) is 12.4 Å². The molecule has 6 nitrogen and oxygen atoms in total. The Morgan fingerprint density at radius 2 is 2.50 bits per heavy atom. The fraction of sp³-hybridized carbons (Fsp3) is 0.500. The Morgan fingerprint density at radius 3 is 3.06 bits per heavy atom. The summed E-state index contributed by atoms with van der Waals surface area (Å²) < 4.78 is 6.44. The lowest BCUT2D eigenvalue weighted by atomic mass is 10.2. The molecule has 2 rings (SSSR count). The molecule has 0 radical (unpaired) electrons. The summed E-state index contributed by atoms with van der Waals surface area (Å²) in [7, 11) is 0. The molecule has 0 aliphatic carbocycles. The summed E-state index contributed by atoms with van der Waals surface area (Å²) in [6, 6.07) is 1.35. The largest absolute Gasteiger partial charge is 0.480 e. The second-order valence-corrected chi connectivity index (χ2v) is 3.68. The van der Waals surface area contributed by atoms with E-state index in [-0.39, 0.29) is 18.2 Å². The minimum Gasteiger partial charge on any atom is -0.480 e. The minimum absolute atomic E-state index is 0.118. The number of carboxylic acids is 1. The molecule has 1 aromatic rings. The van der Waals surface area contributed by atoms with Crippen molar-refractivity contribution in [3.63, 3.8) is 0 Å². The summed E-state index contributed by atoms with van der Waals surface area (Å²) in [5, 5.41) is 8.56. The molecule has 0 amide bonds. The van der Waals surface area contributed by atoms with E-state index in [0.717, 1.165) is 17.4 Å². The van der Waals surface area contributed by atoms with Crippen LogP contribution in [-0.4, -0.2) is 27.2 Å². The highest BCUT2D eigenvalue weighted by Gasteiger charge is 2.19. The van der Waals surface area contributed by atoms with Gasteiger partial charge in [0, 0.05) is 12.7 Å². The van der Waals surface area contributed by atoms with E-state index in [4.69, 9.17) is 9.84 Å². The van der Waals surface area contributed by atoms with Gasteiger partial charge in [-0.25, -0.2) is 4.98 Å². The first kappa shape index (κ1) is 10.8. The van der Waals surface area contributed by atoms with Gasteiger partial charge in [0.2, 0.25) is 0 Å². The molecule has 1 aliphatic rings. The van der Waals surface area contributed by atoms with Crippen LogP contribution in [0.5, 0.6) is 0 Å². The molecule has 0 spiro atoms. The van der Waals surface area contributed by atoms with Crippen molar-refractivity contribution < 1.29 is 14.6 Å². The molecule has 1 fully saturated rings. The molecule has 0 saturated carbocycles. The van der Waals surface area contributed by atoms with E-state index >= 15 is 0 Å². The topological polar surface area (TPSA) is 81.4 Å². The maximum Gasteiger partial charge on any atom is 0.323 e. The minimum atomic E-state index is -1.06. The second kappa shape index (κ2) is 4.44. The molecular formula is C10H12N2O4. The van der Waals surface area contributed by atoms with Gasteiger partial charge in [0.1, 0.15) is 6.54 Å². The van der Waals surface area contributed by atoms with Crippen LogP contribution in [0.4, 0.5) is 0 Å². The number of ether oxygens (including phenoxy) is 1. The van der Waals surface area contributed by atoms with Gasteiger partial charge in [0.25, 0.3) is 5.56 Å². The summed E-state index contributed by atoms with van der Waals surface area (Å²) in [4.78, 5) is 26.0. The average Bonchev–Trinajstić information content (AvgIpc) is 2.73. The van der Waals surface area contributed by atoms with Gasteiger partial charge < -0.3 is 9.84 Å². The zero-order valence-corrected chi connectivity index (χ0v) is 8.63. The first-order chi connectivity index (χ1) is 7.66. The van der Waals surface area contributed by atoms with Gasteiger partial charge in [0.05, 0.1) is 18.1 Å². The summed E-state index contributed by atoms with van der Waals surface area (Å²) in [6.07, 6.45) is 2.96. The summed E-state index contributed by atoms with van der Waals surface area (Å²) in [5.74, 6) is -1.06. The normalized spacial score (nSPS) is 19.9. The molecule has 1 saturated heterocycles. The third-order valence-corrected chi connectivity index (χ3v) is 2.47. The van der Waals surface area contributed by atoms with Gasteiger partial charge in [-0.05, 0) is 12.8 Å². The third-order valence-electron chi connectivity index (χ3n) is 2.47. The van der Waals surface area contributed by atoms with E-state index in [1.807, 2.05) is 0 Å². The highest BCUT2D eigenvalue weighted by Crippen LogP contribution is 2.25. The Balaban J connectivity index is 2.21. The zero-order chi connectivity index (χ0) is 11.5. The van der Waals surface area contributed by atoms with Crippen molar-refractivity contribution >= 4 is 5.97 Å². The van der Waals surface area contributed by atoms with Crippen LogP contribution in [0.1, 0.15) is 24.6 Å². The number of nitrogens with zero attached hydrogens (tertiary/aromatic N) is 2. The first-order valence-electron chi connectivity index (χ1n) is 5.06. The molecule has 6 heteroatoms. The molecule has 1 aliphatic heterocycles. The third kappa shape index (κ3) is 2.27. The number of aromatic nitrogens is 2. The second-order valence-electron chi connectivity index (χ2n) is 3.68.